The highest BCUT2D eigenvalue weighted by molar-refractivity contribution is 6.30. The zero-order valence-electron chi connectivity index (χ0n) is 14.3. The van der Waals surface area contributed by atoms with Gasteiger partial charge in [0.15, 0.2) is 0 Å². The van der Waals surface area contributed by atoms with Gasteiger partial charge >= 0.3 is 0 Å². The van der Waals surface area contributed by atoms with Gasteiger partial charge < -0.3 is 4.90 Å². The van der Waals surface area contributed by atoms with Crippen LogP contribution in [0.4, 0.5) is 8.78 Å². The molecule has 2 nitrogen and oxygen atoms in total. The lowest BCUT2D eigenvalue weighted by Crippen LogP contribution is -2.41. The third kappa shape index (κ3) is 3.33. The minimum absolute atomic E-state index is 0.130. The molecule has 5 heteroatoms. The molecule has 0 fully saturated rings. The molecule has 1 aliphatic heterocycles. The Labute approximate surface area is 161 Å². The molecule has 0 bridgehead atoms. The average Bonchev–Trinajstić information content (AvgIpc) is 2.67. The Balaban J connectivity index is 1.81. The minimum Gasteiger partial charge on any atom is -0.327 e. The molecule has 136 valence electrons. The van der Waals surface area contributed by atoms with Gasteiger partial charge in [-0.2, -0.15) is 0 Å². The molecule has 0 spiro atoms. The first-order chi connectivity index (χ1) is 13.0. The average molecular weight is 384 g/mol. The first kappa shape index (κ1) is 17.7. The molecule has 3 aromatic carbocycles. The summed E-state index contributed by atoms with van der Waals surface area (Å²) in [7, 11) is 0. The smallest absolute Gasteiger partial charge is 0.257 e. The van der Waals surface area contributed by atoms with E-state index in [1.807, 2.05) is 36.4 Å². The fraction of sp³-hybridized carbons (Fsp3) is 0.136. The molecule has 27 heavy (non-hydrogen) atoms. The van der Waals surface area contributed by atoms with Crippen LogP contribution < -0.4 is 0 Å². The molecule has 1 heterocycles. The maximum absolute atomic E-state index is 14.2. The first-order valence-corrected chi connectivity index (χ1v) is 9.01. The Kier molecular flexibility index (Phi) is 4.66. The summed E-state index contributed by atoms with van der Waals surface area (Å²) in [4.78, 5) is 14.8. The van der Waals surface area contributed by atoms with Crippen molar-refractivity contribution >= 4 is 17.5 Å². The monoisotopic (exact) mass is 383 g/mol. The van der Waals surface area contributed by atoms with Crippen LogP contribution in [0.1, 0.15) is 33.1 Å². The normalized spacial score (nSPS) is 16.1. The molecule has 0 aromatic heterocycles. The Morgan fingerprint density at radius 3 is 2.48 bits per heavy atom. The van der Waals surface area contributed by atoms with Crippen LogP contribution in [-0.4, -0.2) is 17.4 Å². The van der Waals surface area contributed by atoms with Gasteiger partial charge in [0.05, 0.1) is 11.6 Å². The molecule has 3 aromatic rings. The standard InChI is InChI=1S/C22H16ClF2NO/c23-16-7-5-15(6-8-16)21-18-4-2-1-3-14(18)11-12-26(21)22(27)19-10-9-17(24)13-20(19)25/h1-10,13,21H,11-12H2/t21-/m0/s1. The number of carbonyl (C=O) groups is 1. The molecular weight excluding hydrogens is 368 g/mol. The van der Waals surface area contributed by atoms with Crippen molar-refractivity contribution in [3.8, 4) is 0 Å². The fourth-order valence-electron chi connectivity index (χ4n) is 3.61. The number of nitrogens with zero attached hydrogens (tertiary/aromatic N) is 1. The second-order valence-electron chi connectivity index (χ2n) is 6.53. The molecule has 0 unspecified atom stereocenters. The Hall–Kier alpha value is -2.72. The number of hydrogen-bond donors (Lipinski definition) is 0. The molecule has 0 saturated heterocycles. The summed E-state index contributed by atoms with van der Waals surface area (Å²) < 4.78 is 27.5. The van der Waals surface area contributed by atoms with Gasteiger partial charge in [0.1, 0.15) is 11.6 Å². The molecule has 1 atom stereocenters. The summed E-state index contributed by atoms with van der Waals surface area (Å²) in [6.07, 6.45) is 0.675. The third-order valence-electron chi connectivity index (χ3n) is 4.89. The second-order valence-corrected chi connectivity index (χ2v) is 6.96. The molecule has 0 aliphatic carbocycles. The van der Waals surface area contributed by atoms with Gasteiger partial charge in [-0.1, -0.05) is 48.0 Å². The van der Waals surface area contributed by atoms with Gasteiger partial charge in [-0.25, -0.2) is 8.78 Å². The van der Waals surface area contributed by atoms with Gasteiger partial charge in [0.2, 0.25) is 0 Å². The Morgan fingerprint density at radius 1 is 1.00 bits per heavy atom. The molecule has 0 radical (unpaired) electrons. The van der Waals surface area contributed by atoms with Crippen LogP contribution in [0.5, 0.6) is 0 Å². The van der Waals surface area contributed by atoms with Crippen molar-refractivity contribution in [3.05, 3.63) is 106 Å². The van der Waals surface area contributed by atoms with Crippen LogP contribution in [0.15, 0.2) is 66.7 Å². The van der Waals surface area contributed by atoms with Crippen LogP contribution in [-0.2, 0) is 6.42 Å². The molecule has 4 rings (SSSR count). The summed E-state index contributed by atoms with van der Waals surface area (Å²) in [6, 6.07) is 17.9. The summed E-state index contributed by atoms with van der Waals surface area (Å²) in [6.45, 7) is 0.444. The highest BCUT2D eigenvalue weighted by atomic mass is 35.5. The number of halogens is 3. The van der Waals surface area contributed by atoms with Crippen molar-refractivity contribution in [1.82, 2.24) is 4.90 Å². The molecular formula is C22H16ClF2NO. The van der Waals surface area contributed by atoms with Crippen LogP contribution >= 0.6 is 11.6 Å². The van der Waals surface area contributed by atoms with Crippen LogP contribution in [0.25, 0.3) is 0 Å². The number of amides is 1. The maximum atomic E-state index is 14.2. The van der Waals surface area contributed by atoms with Crippen molar-refractivity contribution in [2.24, 2.45) is 0 Å². The van der Waals surface area contributed by atoms with Gasteiger partial charge in [0.25, 0.3) is 5.91 Å². The largest absolute Gasteiger partial charge is 0.327 e. The van der Waals surface area contributed by atoms with E-state index < -0.39 is 17.5 Å². The molecule has 1 amide bonds. The number of hydrogen-bond acceptors (Lipinski definition) is 1. The quantitative estimate of drug-likeness (QED) is 0.579. The van der Waals surface area contributed by atoms with Crippen LogP contribution in [0.3, 0.4) is 0 Å². The highest BCUT2D eigenvalue weighted by Crippen LogP contribution is 2.36. The summed E-state index contributed by atoms with van der Waals surface area (Å²) in [5, 5.41) is 0.602. The van der Waals surface area contributed by atoms with E-state index in [1.54, 1.807) is 17.0 Å². The van der Waals surface area contributed by atoms with Crippen molar-refractivity contribution in [3.63, 3.8) is 0 Å². The fourth-order valence-corrected chi connectivity index (χ4v) is 3.73. The zero-order chi connectivity index (χ0) is 19.0. The van der Waals surface area contributed by atoms with E-state index in [0.717, 1.165) is 28.8 Å². The Bertz CT molecular complexity index is 1000. The molecule has 0 N–H and O–H groups in total. The van der Waals surface area contributed by atoms with Gasteiger partial charge in [-0.05, 0) is 47.4 Å². The van der Waals surface area contributed by atoms with Gasteiger partial charge in [0, 0.05) is 17.6 Å². The van der Waals surface area contributed by atoms with Crippen molar-refractivity contribution in [2.45, 2.75) is 12.5 Å². The van der Waals surface area contributed by atoms with Gasteiger partial charge in [-0.3, -0.25) is 4.79 Å². The van der Waals surface area contributed by atoms with E-state index in [2.05, 4.69) is 0 Å². The van der Waals surface area contributed by atoms with E-state index in [-0.39, 0.29) is 11.6 Å². The SMILES string of the molecule is O=C(c1ccc(F)cc1F)N1CCc2ccccc2[C@@H]1c1ccc(Cl)cc1. The lowest BCUT2D eigenvalue weighted by Gasteiger charge is -2.38. The van der Waals surface area contributed by atoms with E-state index >= 15 is 0 Å². The highest BCUT2D eigenvalue weighted by Gasteiger charge is 2.33. The van der Waals surface area contributed by atoms with E-state index in [0.29, 0.717) is 18.0 Å². The molecule has 0 saturated carbocycles. The Morgan fingerprint density at radius 2 is 1.74 bits per heavy atom. The number of rotatable bonds is 2. The summed E-state index contributed by atoms with van der Waals surface area (Å²) in [5.74, 6) is -2.02. The third-order valence-corrected chi connectivity index (χ3v) is 5.14. The maximum Gasteiger partial charge on any atom is 0.257 e. The summed E-state index contributed by atoms with van der Waals surface area (Å²) in [5.41, 5.74) is 2.92. The number of fused-ring (bicyclic) bond motifs is 1. The zero-order valence-corrected chi connectivity index (χ0v) is 15.1. The van der Waals surface area contributed by atoms with Crippen LogP contribution in [0.2, 0.25) is 5.02 Å². The van der Waals surface area contributed by atoms with E-state index in [1.165, 1.54) is 6.07 Å². The van der Waals surface area contributed by atoms with Crippen LogP contribution in [0, 0.1) is 11.6 Å². The van der Waals surface area contributed by atoms with Crippen molar-refractivity contribution < 1.29 is 13.6 Å². The second kappa shape index (κ2) is 7.12. The van der Waals surface area contributed by atoms with E-state index in [4.69, 9.17) is 11.6 Å². The van der Waals surface area contributed by atoms with Gasteiger partial charge in [-0.15, -0.1) is 0 Å². The minimum atomic E-state index is -0.853. The summed E-state index contributed by atoms with van der Waals surface area (Å²) >= 11 is 6.02. The first-order valence-electron chi connectivity index (χ1n) is 8.64. The van der Waals surface area contributed by atoms with E-state index in [9.17, 15) is 13.6 Å². The number of carbonyl (C=O) groups excluding carboxylic acids is 1. The predicted molar refractivity (Wildman–Crippen MR) is 101 cm³/mol. The number of benzene rings is 3. The predicted octanol–water partition coefficient (Wildman–Crippen LogP) is 5.41. The molecule has 1 aliphatic rings. The lowest BCUT2D eigenvalue weighted by molar-refractivity contribution is 0.0689. The lowest BCUT2D eigenvalue weighted by atomic mass is 9.87. The topological polar surface area (TPSA) is 20.3 Å². The van der Waals surface area contributed by atoms with Crippen molar-refractivity contribution in [2.75, 3.05) is 6.54 Å². The van der Waals surface area contributed by atoms with Crippen molar-refractivity contribution in [1.29, 1.82) is 0 Å².